The molecule has 1 aromatic heterocycles. The van der Waals surface area contributed by atoms with Crippen LogP contribution in [0.2, 0.25) is 5.02 Å². The molecule has 0 amide bonds. The van der Waals surface area contributed by atoms with Crippen LogP contribution >= 0.6 is 34.2 Å². The van der Waals surface area contributed by atoms with Crippen molar-refractivity contribution in [2.75, 3.05) is 0 Å². The molecule has 0 radical (unpaired) electrons. The first-order chi connectivity index (χ1) is 5.34. The second kappa shape index (κ2) is 3.18. The molecule has 4 heteroatoms. The lowest BCUT2D eigenvalue weighted by Crippen LogP contribution is -2.24. The highest BCUT2D eigenvalue weighted by atomic mass is 127. The fourth-order valence-electron chi connectivity index (χ4n) is 1.10. The molecule has 0 saturated heterocycles. The molecule has 2 nitrogen and oxygen atoms in total. The third-order valence-corrected chi connectivity index (χ3v) is 3.17. The smallest absolute Gasteiger partial charge is 0.142 e. The molecule has 1 heterocycles. The molecule has 1 aromatic rings. The highest BCUT2D eigenvalue weighted by molar-refractivity contribution is 14.1. The SMILES string of the molecule is Cc1c(Cl)c(I)nn1C(C)(C)C. The van der Waals surface area contributed by atoms with Gasteiger partial charge in [-0.1, -0.05) is 11.6 Å². The van der Waals surface area contributed by atoms with Gasteiger partial charge in [0.05, 0.1) is 16.3 Å². The molecule has 0 aliphatic carbocycles. The Bertz CT molecular complexity index is 299. The highest BCUT2D eigenvalue weighted by Crippen LogP contribution is 2.26. The molecule has 0 saturated carbocycles. The van der Waals surface area contributed by atoms with Gasteiger partial charge in [0.15, 0.2) is 0 Å². The van der Waals surface area contributed by atoms with Crippen LogP contribution in [0.15, 0.2) is 0 Å². The van der Waals surface area contributed by atoms with Crippen LogP contribution in [0, 0.1) is 10.6 Å². The van der Waals surface area contributed by atoms with Gasteiger partial charge in [0.25, 0.3) is 0 Å². The summed E-state index contributed by atoms with van der Waals surface area (Å²) in [5, 5.41) is 5.12. The van der Waals surface area contributed by atoms with Crippen molar-refractivity contribution in [1.82, 2.24) is 9.78 Å². The maximum Gasteiger partial charge on any atom is 0.142 e. The lowest BCUT2D eigenvalue weighted by atomic mass is 10.1. The summed E-state index contributed by atoms with van der Waals surface area (Å²) in [6.07, 6.45) is 0. The van der Waals surface area contributed by atoms with Crippen molar-refractivity contribution in [3.8, 4) is 0 Å². The maximum atomic E-state index is 6.01. The third-order valence-electron chi connectivity index (χ3n) is 1.64. The summed E-state index contributed by atoms with van der Waals surface area (Å²) < 4.78 is 2.83. The van der Waals surface area contributed by atoms with E-state index in [0.29, 0.717) is 0 Å². The van der Waals surface area contributed by atoms with Crippen molar-refractivity contribution in [1.29, 1.82) is 0 Å². The number of rotatable bonds is 0. The van der Waals surface area contributed by atoms with E-state index in [0.717, 1.165) is 14.4 Å². The van der Waals surface area contributed by atoms with Gasteiger partial charge in [-0.05, 0) is 50.3 Å². The number of halogens is 2. The lowest BCUT2D eigenvalue weighted by Gasteiger charge is -2.20. The van der Waals surface area contributed by atoms with E-state index in [1.807, 2.05) is 11.6 Å². The van der Waals surface area contributed by atoms with Gasteiger partial charge in [0.1, 0.15) is 3.70 Å². The maximum absolute atomic E-state index is 6.01. The van der Waals surface area contributed by atoms with Crippen molar-refractivity contribution in [2.24, 2.45) is 0 Å². The van der Waals surface area contributed by atoms with E-state index in [1.165, 1.54) is 0 Å². The minimum Gasteiger partial charge on any atom is -0.262 e. The normalized spacial score (nSPS) is 12.2. The lowest BCUT2D eigenvalue weighted by molar-refractivity contribution is 0.346. The first kappa shape index (κ1) is 10.3. The van der Waals surface area contributed by atoms with E-state index in [9.17, 15) is 0 Å². The highest BCUT2D eigenvalue weighted by Gasteiger charge is 2.20. The number of aromatic nitrogens is 2. The van der Waals surface area contributed by atoms with Gasteiger partial charge in [-0.3, -0.25) is 4.68 Å². The van der Waals surface area contributed by atoms with Crippen molar-refractivity contribution in [3.63, 3.8) is 0 Å². The van der Waals surface area contributed by atoms with Crippen LogP contribution in [-0.4, -0.2) is 9.78 Å². The Kier molecular flexibility index (Phi) is 2.73. The van der Waals surface area contributed by atoms with Gasteiger partial charge in [-0.2, -0.15) is 5.10 Å². The standard InChI is InChI=1S/C8H12ClIN2/c1-5-6(9)7(10)11-12(5)8(2,3)4/h1-4H3. The fraction of sp³-hybridized carbons (Fsp3) is 0.625. The van der Waals surface area contributed by atoms with Gasteiger partial charge in [0, 0.05) is 0 Å². The summed E-state index contributed by atoms with van der Waals surface area (Å²) in [4.78, 5) is 0. The average molecular weight is 299 g/mol. The molecule has 0 spiro atoms. The summed E-state index contributed by atoms with van der Waals surface area (Å²) in [6.45, 7) is 8.32. The Hall–Kier alpha value is 0.230. The van der Waals surface area contributed by atoms with Crippen LogP contribution < -0.4 is 0 Å². The van der Waals surface area contributed by atoms with Crippen LogP contribution in [0.25, 0.3) is 0 Å². The van der Waals surface area contributed by atoms with Gasteiger partial charge in [-0.25, -0.2) is 0 Å². The second-order valence-electron chi connectivity index (χ2n) is 3.77. The molecule has 0 atom stereocenters. The van der Waals surface area contributed by atoms with Crippen LogP contribution in [0.4, 0.5) is 0 Å². The number of hydrogen-bond acceptors (Lipinski definition) is 1. The molecular weight excluding hydrogens is 286 g/mol. The van der Waals surface area contributed by atoms with E-state index in [4.69, 9.17) is 11.6 Å². The molecule has 0 fully saturated rings. The third kappa shape index (κ3) is 1.76. The summed E-state index contributed by atoms with van der Waals surface area (Å²) in [5.41, 5.74) is 1.05. The number of hydrogen-bond donors (Lipinski definition) is 0. The molecule has 0 N–H and O–H groups in total. The molecular formula is C8H12ClIN2. The molecule has 0 aliphatic heterocycles. The molecule has 12 heavy (non-hydrogen) atoms. The minimum absolute atomic E-state index is 0.0111. The Morgan fingerprint density at radius 2 is 1.92 bits per heavy atom. The van der Waals surface area contributed by atoms with Crippen LogP contribution in [0.5, 0.6) is 0 Å². The van der Waals surface area contributed by atoms with Gasteiger partial charge >= 0.3 is 0 Å². The first-order valence-corrected chi connectivity index (χ1v) is 5.21. The van der Waals surface area contributed by atoms with Crippen molar-refractivity contribution < 1.29 is 0 Å². The Labute approximate surface area is 91.4 Å². The van der Waals surface area contributed by atoms with Crippen LogP contribution in [-0.2, 0) is 5.54 Å². The summed E-state index contributed by atoms with van der Waals surface area (Å²) in [6, 6.07) is 0. The van der Waals surface area contributed by atoms with E-state index < -0.39 is 0 Å². The number of nitrogens with zero attached hydrogens (tertiary/aromatic N) is 2. The van der Waals surface area contributed by atoms with Gasteiger partial charge in [0.2, 0.25) is 0 Å². The Morgan fingerprint density at radius 1 is 1.42 bits per heavy atom. The zero-order chi connectivity index (χ0) is 9.52. The summed E-state index contributed by atoms with van der Waals surface area (Å²) in [7, 11) is 0. The first-order valence-electron chi connectivity index (χ1n) is 3.75. The van der Waals surface area contributed by atoms with E-state index in [-0.39, 0.29) is 5.54 Å². The van der Waals surface area contributed by atoms with E-state index in [1.54, 1.807) is 0 Å². The molecule has 68 valence electrons. The summed E-state index contributed by atoms with van der Waals surface area (Å²) in [5.74, 6) is 0. The predicted octanol–water partition coefficient (Wildman–Crippen LogP) is 3.20. The van der Waals surface area contributed by atoms with E-state index in [2.05, 4.69) is 48.5 Å². The topological polar surface area (TPSA) is 17.8 Å². The zero-order valence-electron chi connectivity index (χ0n) is 7.65. The second-order valence-corrected chi connectivity index (χ2v) is 5.17. The minimum atomic E-state index is 0.0111. The largest absolute Gasteiger partial charge is 0.262 e. The van der Waals surface area contributed by atoms with Gasteiger partial charge in [-0.15, -0.1) is 0 Å². The monoisotopic (exact) mass is 298 g/mol. The Balaban J connectivity index is 3.28. The average Bonchev–Trinajstić information content (AvgIpc) is 2.15. The molecule has 0 bridgehead atoms. The van der Waals surface area contributed by atoms with Crippen LogP contribution in [0.3, 0.4) is 0 Å². The van der Waals surface area contributed by atoms with E-state index >= 15 is 0 Å². The predicted molar refractivity (Wildman–Crippen MR) is 59.7 cm³/mol. The summed E-state index contributed by atoms with van der Waals surface area (Å²) >= 11 is 8.16. The van der Waals surface area contributed by atoms with Crippen molar-refractivity contribution >= 4 is 34.2 Å². The molecule has 0 unspecified atom stereocenters. The molecule has 1 rings (SSSR count). The fourth-order valence-corrected chi connectivity index (χ4v) is 1.83. The van der Waals surface area contributed by atoms with Gasteiger partial charge < -0.3 is 0 Å². The zero-order valence-corrected chi connectivity index (χ0v) is 10.6. The Morgan fingerprint density at radius 3 is 2.08 bits per heavy atom. The van der Waals surface area contributed by atoms with Crippen molar-refractivity contribution in [3.05, 3.63) is 14.4 Å². The molecule has 0 aromatic carbocycles. The van der Waals surface area contributed by atoms with Crippen molar-refractivity contribution in [2.45, 2.75) is 33.2 Å². The van der Waals surface area contributed by atoms with Crippen LogP contribution in [0.1, 0.15) is 26.5 Å². The molecule has 0 aliphatic rings. The quantitative estimate of drug-likeness (QED) is 0.673.